The highest BCUT2D eigenvalue weighted by molar-refractivity contribution is 4.62. The van der Waals surface area contributed by atoms with E-state index >= 15 is 0 Å². The molecule has 13 heavy (non-hydrogen) atoms. The molecular formula is C10H22O3. The third-order valence-electron chi connectivity index (χ3n) is 1.15. The summed E-state index contributed by atoms with van der Waals surface area (Å²) in [6.45, 7) is 11.7. The van der Waals surface area contributed by atoms with E-state index in [0.29, 0.717) is 0 Å². The van der Waals surface area contributed by atoms with E-state index in [9.17, 15) is 5.11 Å². The fraction of sp³-hybridized carbons (Fsp3) is 1.00. The lowest BCUT2D eigenvalue weighted by molar-refractivity contribution is -0.204. The zero-order valence-electron chi connectivity index (χ0n) is 9.55. The first kappa shape index (κ1) is 12.9. The Bertz CT molecular complexity index is 141. The monoisotopic (exact) mass is 190 g/mol. The molecule has 0 bridgehead atoms. The third-order valence-corrected chi connectivity index (χ3v) is 1.15. The van der Waals surface area contributed by atoms with Gasteiger partial charge < -0.3 is 14.6 Å². The zero-order valence-corrected chi connectivity index (χ0v) is 9.55. The van der Waals surface area contributed by atoms with Crippen LogP contribution in [0.4, 0.5) is 0 Å². The number of aliphatic hydroxyl groups excluding tert-OH is 1. The predicted octanol–water partition coefficient (Wildman–Crippen LogP) is 1.93. The first-order valence-electron chi connectivity index (χ1n) is 4.60. The molecule has 1 unspecified atom stereocenters. The maximum absolute atomic E-state index is 9.40. The summed E-state index contributed by atoms with van der Waals surface area (Å²) in [5, 5.41) is 9.40. The molecule has 0 aromatic carbocycles. The second-order valence-electron chi connectivity index (χ2n) is 5.11. The smallest absolute Gasteiger partial charge is 0.178 e. The van der Waals surface area contributed by atoms with Crippen molar-refractivity contribution in [3.8, 4) is 0 Å². The van der Waals surface area contributed by atoms with E-state index in [1.54, 1.807) is 0 Å². The van der Waals surface area contributed by atoms with Crippen LogP contribution in [-0.4, -0.2) is 29.2 Å². The van der Waals surface area contributed by atoms with Crippen molar-refractivity contribution in [3.63, 3.8) is 0 Å². The lowest BCUT2D eigenvalue weighted by Gasteiger charge is -2.27. The molecule has 0 aromatic heterocycles. The van der Waals surface area contributed by atoms with E-state index in [1.807, 2.05) is 41.5 Å². The standard InChI is InChI=1S/C10H22O3/c1-9(2,3)12-7-8(11)13-10(4,5)6/h8,11H,7H2,1-6H3. The molecule has 3 heteroatoms. The van der Waals surface area contributed by atoms with Gasteiger partial charge in [0, 0.05) is 0 Å². The molecule has 0 fully saturated rings. The number of hydrogen-bond donors (Lipinski definition) is 1. The van der Waals surface area contributed by atoms with Crippen molar-refractivity contribution < 1.29 is 14.6 Å². The molecule has 0 amide bonds. The van der Waals surface area contributed by atoms with Gasteiger partial charge in [0.1, 0.15) is 0 Å². The van der Waals surface area contributed by atoms with Crippen LogP contribution in [0.25, 0.3) is 0 Å². The van der Waals surface area contributed by atoms with Crippen molar-refractivity contribution in [2.45, 2.75) is 59.0 Å². The second kappa shape index (κ2) is 4.40. The van der Waals surface area contributed by atoms with Crippen molar-refractivity contribution in [1.82, 2.24) is 0 Å². The number of hydrogen-bond acceptors (Lipinski definition) is 3. The van der Waals surface area contributed by atoms with Crippen molar-refractivity contribution >= 4 is 0 Å². The molecule has 0 spiro atoms. The van der Waals surface area contributed by atoms with Crippen LogP contribution in [0.1, 0.15) is 41.5 Å². The minimum Gasteiger partial charge on any atom is -0.371 e. The van der Waals surface area contributed by atoms with Gasteiger partial charge in [0.15, 0.2) is 6.29 Å². The molecule has 1 atom stereocenters. The van der Waals surface area contributed by atoms with Crippen LogP contribution in [-0.2, 0) is 9.47 Å². The maximum Gasteiger partial charge on any atom is 0.178 e. The summed E-state index contributed by atoms with van der Waals surface area (Å²) in [5.41, 5.74) is -0.567. The minimum atomic E-state index is -0.848. The number of rotatable bonds is 3. The summed E-state index contributed by atoms with van der Waals surface area (Å²) in [7, 11) is 0. The van der Waals surface area contributed by atoms with Crippen molar-refractivity contribution in [2.75, 3.05) is 6.61 Å². The predicted molar refractivity (Wildman–Crippen MR) is 52.5 cm³/mol. The van der Waals surface area contributed by atoms with E-state index in [1.165, 1.54) is 0 Å². The average molecular weight is 190 g/mol. The molecule has 3 nitrogen and oxygen atoms in total. The minimum absolute atomic E-state index is 0.209. The van der Waals surface area contributed by atoms with Crippen LogP contribution in [0.5, 0.6) is 0 Å². The Morgan fingerprint density at radius 1 is 1.00 bits per heavy atom. The normalized spacial score (nSPS) is 15.9. The first-order valence-corrected chi connectivity index (χ1v) is 4.60. The fourth-order valence-electron chi connectivity index (χ4n) is 0.763. The van der Waals surface area contributed by atoms with Crippen LogP contribution in [0.15, 0.2) is 0 Å². The van der Waals surface area contributed by atoms with Gasteiger partial charge in [-0.2, -0.15) is 0 Å². The summed E-state index contributed by atoms with van der Waals surface area (Å²) < 4.78 is 10.6. The van der Waals surface area contributed by atoms with E-state index in [0.717, 1.165) is 0 Å². The molecule has 0 aliphatic rings. The lowest BCUT2D eigenvalue weighted by Crippen LogP contribution is -2.33. The van der Waals surface area contributed by atoms with Gasteiger partial charge in [0.25, 0.3) is 0 Å². The van der Waals surface area contributed by atoms with E-state index in [-0.39, 0.29) is 17.8 Å². The largest absolute Gasteiger partial charge is 0.371 e. The summed E-state index contributed by atoms with van der Waals surface area (Å²) in [5.74, 6) is 0. The van der Waals surface area contributed by atoms with Gasteiger partial charge in [-0.25, -0.2) is 0 Å². The van der Waals surface area contributed by atoms with Crippen molar-refractivity contribution in [1.29, 1.82) is 0 Å². The summed E-state index contributed by atoms with van der Waals surface area (Å²) in [6, 6.07) is 0. The summed E-state index contributed by atoms with van der Waals surface area (Å²) in [6.07, 6.45) is -0.848. The molecule has 0 heterocycles. The molecule has 80 valence electrons. The molecule has 1 N–H and O–H groups in total. The Morgan fingerprint density at radius 3 is 1.77 bits per heavy atom. The molecule has 0 rings (SSSR count). The van der Waals surface area contributed by atoms with Gasteiger partial charge in [0.05, 0.1) is 17.8 Å². The lowest BCUT2D eigenvalue weighted by atomic mass is 10.2. The van der Waals surface area contributed by atoms with Crippen molar-refractivity contribution in [2.24, 2.45) is 0 Å². The Balaban J connectivity index is 3.70. The van der Waals surface area contributed by atoms with Crippen LogP contribution in [0.2, 0.25) is 0 Å². The average Bonchev–Trinajstić information content (AvgIpc) is 1.78. The SMILES string of the molecule is CC(C)(C)OCC(O)OC(C)(C)C. The second-order valence-corrected chi connectivity index (χ2v) is 5.11. The van der Waals surface area contributed by atoms with Crippen LogP contribution < -0.4 is 0 Å². The third kappa shape index (κ3) is 9.80. The number of ether oxygens (including phenoxy) is 2. The molecule has 0 aliphatic heterocycles. The maximum atomic E-state index is 9.40. The van der Waals surface area contributed by atoms with E-state index in [2.05, 4.69) is 0 Å². The molecular weight excluding hydrogens is 168 g/mol. The first-order chi connectivity index (χ1) is 5.60. The molecule has 0 radical (unpaired) electrons. The van der Waals surface area contributed by atoms with Gasteiger partial charge in [-0.05, 0) is 41.5 Å². The van der Waals surface area contributed by atoms with Crippen LogP contribution in [0, 0.1) is 0 Å². The highest BCUT2D eigenvalue weighted by Crippen LogP contribution is 2.12. The molecule has 0 saturated carbocycles. The zero-order chi connectivity index (χ0) is 10.7. The highest BCUT2D eigenvalue weighted by atomic mass is 16.6. The molecule has 0 saturated heterocycles. The molecule has 0 aliphatic carbocycles. The van der Waals surface area contributed by atoms with Crippen molar-refractivity contribution in [3.05, 3.63) is 0 Å². The van der Waals surface area contributed by atoms with Crippen LogP contribution in [0.3, 0.4) is 0 Å². The highest BCUT2D eigenvalue weighted by Gasteiger charge is 2.19. The quantitative estimate of drug-likeness (QED) is 0.691. The van der Waals surface area contributed by atoms with Gasteiger partial charge in [0.2, 0.25) is 0 Å². The topological polar surface area (TPSA) is 38.7 Å². The summed E-state index contributed by atoms with van der Waals surface area (Å²) >= 11 is 0. The molecule has 0 aromatic rings. The Labute approximate surface area is 81.0 Å². The summed E-state index contributed by atoms with van der Waals surface area (Å²) in [4.78, 5) is 0. The van der Waals surface area contributed by atoms with Gasteiger partial charge in [-0.15, -0.1) is 0 Å². The Morgan fingerprint density at radius 2 is 1.46 bits per heavy atom. The van der Waals surface area contributed by atoms with Gasteiger partial charge in [-0.1, -0.05) is 0 Å². The Kier molecular flexibility index (Phi) is 4.36. The van der Waals surface area contributed by atoms with Gasteiger partial charge >= 0.3 is 0 Å². The van der Waals surface area contributed by atoms with Gasteiger partial charge in [-0.3, -0.25) is 0 Å². The van der Waals surface area contributed by atoms with E-state index in [4.69, 9.17) is 9.47 Å². The number of aliphatic hydroxyl groups is 1. The Hall–Kier alpha value is -0.120. The van der Waals surface area contributed by atoms with Crippen LogP contribution >= 0.6 is 0 Å². The van der Waals surface area contributed by atoms with E-state index < -0.39 is 6.29 Å². The fourth-order valence-corrected chi connectivity index (χ4v) is 0.763.